The molecule has 1 aliphatic heterocycles. The van der Waals surface area contributed by atoms with E-state index in [1.165, 1.54) is 12.1 Å². The fraction of sp³-hybridized carbons (Fsp3) is 0.500. The van der Waals surface area contributed by atoms with Gasteiger partial charge in [0.2, 0.25) is 10.0 Å². The van der Waals surface area contributed by atoms with E-state index >= 15 is 0 Å². The molecule has 2 rings (SSSR count). The Morgan fingerprint density at radius 3 is 2.68 bits per heavy atom. The number of ether oxygens (including phenoxy) is 2. The SMILES string of the molecule is CCC(N)CNS(=O)(=O)c1ccc2c(c1)OCCO2. The molecule has 7 heteroatoms. The van der Waals surface area contributed by atoms with Gasteiger partial charge in [-0.05, 0) is 18.6 Å². The molecule has 0 fully saturated rings. The maximum absolute atomic E-state index is 12.1. The average Bonchev–Trinajstić information content (AvgIpc) is 2.44. The summed E-state index contributed by atoms with van der Waals surface area (Å²) in [6, 6.07) is 4.37. The van der Waals surface area contributed by atoms with Crippen LogP contribution in [0, 0.1) is 0 Å². The molecular weight excluding hydrogens is 268 g/mol. The lowest BCUT2D eigenvalue weighted by Crippen LogP contribution is -2.36. The minimum absolute atomic E-state index is 0.153. The Balaban J connectivity index is 2.16. The third kappa shape index (κ3) is 3.37. The van der Waals surface area contributed by atoms with Gasteiger partial charge in [0.1, 0.15) is 13.2 Å². The van der Waals surface area contributed by atoms with Gasteiger partial charge in [0.25, 0.3) is 0 Å². The number of nitrogens with two attached hydrogens (primary N) is 1. The van der Waals surface area contributed by atoms with Crippen molar-refractivity contribution >= 4 is 10.0 Å². The van der Waals surface area contributed by atoms with Crippen molar-refractivity contribution in [2.75, 3.05) is 19.8 Å². The highest BCUT2D eigenvalue weighted by atomic mass is 32.2. The van der Waals surface area contributed by atoms with Crippen LogP contribution >= 0.6 is 0 Å². The Hall–Kier alpha value is -1.31. The summed E-state index contributed by atoms with van der Waals surface area (Å²) in [5.41, 5.74) is 5.70. The van der Waals surface area contributed by atoms with Crippen molar-refractivity contribution in [1.29, 1.82) is 0 Å². The van der Waals surface area contributed by atoms with Crippen LogP contribution in [0.3, 0.4) is 0 Å². The molecule has 0 amide bonds. The van der Waals surface area contributed by atoms with Gasteiger partial charge in [-0.15, -0.1) is 0 Å². The largest absolute Gasteiger partial charge is 0.486 e. The lowest BCUT2D eigenvalue weighted by Gasteiger charge is -2.19. The second-order valence-electron chi connectivity index (χ2n) is 4.33. The molecule has 3 N–H and O–H groups in total. The van der Waals surface area contributed by atoms with Gasteiger partial charge < -0.3 is 15.2 Å². The summed E-state index contributed by atoms with van der Waals surface area (Å²) >= 11 is 0. The van der Waals surface area contributed by atoms with Gasteiger partial charge in [0, 0.05) is 18.7 Å². The second kappa shape index (κ2) is 5.77. The Kier molecular flexibility index (Phi) is 4.28. The van der Waals surface area contributed by atoms with Gasteiger partial charge in [-0.25, -0.2) is 13.1 Å². The molecule has 0 saturated heterocycles. The molecule has 1 atom stereocenters. The minimum atomic E-state index is -3.56. The third-order valence-corrected chi connectivity index (χ3v) is 4.31. The molecule has 0 aromatic heterocycles. The number of nitrogens with one attached hydrogen (secondary N) is 1. The molecule has 0 aliphatic carbocycles. The van der Waals surface area contributed by atoms with Gasteiger partial charge in [-0.3, -0.25) is 0 Å². The van der Waals surface area contributed by atoms with Crippen molar-refractivity contribution < 1.29 is 17.9 Å². The zero-order valence-corrected chi connectivity index (χ0v) is 11.6. The van der Waals surface area contributed by atoms with E-state index in [1.807, 2.05) is 6.92 Å². The van der Waals surface area contributed by atoms with E-state index in [4.69, 9.17) is 15.2 Å². The molecule has 1 heterocycles. The summed E-state index contributed by atoms with van der Waals surface area (Å²) < 4.78 is 37.3. The van der Waals surface area contributed by atoms with Crippen LogP contribution in [0.15, 0.2) is 23.1 Å². The zero-order chi connectivity index (χ0) is 13.9. The first-order valence-corrected chi connectivity index (χ1v) is 7.66. The summed E-state index contributed by atoms with van der Waals surface area (Å²) in [5, 5.41) is 0. The number of sulfonamides is 1. The molecule has 0 saturated carbocycles. The van der Waals surface area contributed by atoms with Crippen LogP contribution in [0.25, 0.3) is 0 Å². The van der Waals surface area contributed by atoms with Crippen LogP contribution in [0.2, 0.25) is 0 Å². The third-order valence-electron chi connectivity index (χ3n) is 2.88. The van der Waals surface area contributed by atoms with E-state index in [-0.39, 0.29) is 17.5 Å². The number of hydrogen-bond acceptors (Lipinski definition) is 5. The zero-order valence-electron chi connectivity index (χ0n) is 10.8. The first kappa shape index (κ1) is 14.1. The molecule has 6 nitrogen and oxygen atoms in total. The van der Waals surface area contributed by atoms with Gasteiger partial charge in [0.05, 0.1) is 4.90 Å². The molecule has 0 bridgehead atoms. The standard InChI is InChI=1S/C12H18N2O4S/c1-2-9(13)8-14-19(15,16)10-3-4-11-12(7-10)18-6-5-17-11/h3-4,7,9,14H,2,5-6,8,13H2,1H3. The van der Waals surface area contributed by atoms with Crippen molar-refractivity contribution in [3.05, 3.63) is 18.2 Å². The monoisotopic (exact) mass is 286 g/mol. The minimum Gasteiger partial charge on any atom is -0.486 e. The van der Waals surface area contributed by atoms with Gasteiger partial charge in [-0.1, -0.05) is 6.92 Å². The molecule has 1 aromatic rings. The van der Waals surface area contributed by atoms with Crippen LogP contribution in [0.5, 0.6) is 11.5 Å². The molecule has 106 valence electrons. The molecule has 0 radical (unpaired) electrons. The van der Waals surface area contributed by atoms with Crippen molar-refractivity contribution in [3.63, 3.8) is 0 Å². The topological polar surface area (TPSA) is 90.7 Å². The lowest BCUT2D eigenvalue weighted by molar-refractivity contribution is 0.171. The number of rotatable bonds is 5. The molecule has 19 heavy (non-hydrogen) atoms. The highest BCUT2D eigenvalue weighted by molar-refractivity contribution is 7.89. The fourth-order valence-electron chi connectivity index (χ4n) is 1.64. The predicted molar refractivity (Wildman–Crippen MR) is 70.9 cm³/mol. The predicted octanol–water partition coefficient (Wildman–Crippen LogP) is 0.473. The van der Waals surface area contributed by atoms with Crippen molar-refractivity contribution in [2.24, 2.45) is 5.73 Å². The first-order valence-electron chi connectivity index (χ1n) is 6.18. The number of benzene rings is 1. The van der Waals surface area contributed by atoms with Crippen LogP contribution in [0.4, 0.5) is 0 Å². The van der Waals surface area contributed by atoms with Crippen molar-refractivity contribution in [2.45, 2.75) is 24.3 Å². The molecule has 0 spiro atoms. The Morgan fingerprint density at radius 1 is 1.32 bits per heavy atom. The molecule has 1 aromatic carbocycles. The number of fused-ring (bicyclic) bond motifs is 1. The van der Waals surface area contributed by atoms with Gasteiger partial charge >= 0.3 is 0 Å². The highest BCUT2D eigenvalue weighted by Crippen LogP contribution is 2.32. The quantitative estimate of drug-likeness (QED) is 0.821. The first-order chi connectivity index (χ1) is 9.03. The van der Waals surface area contributed by atoms with Crippen LogP contribution in [-0.2, 0) is 10.0 Å². The summed E-state index contributed by atoms with van der Waals surface area (Å²) in [4.78, 5) is 0.153. The summed E-state index contributed by atoms with van der Waals surface area (Å²) in [5.74, 6) is 1.02. The summed E-state index contributed by atoms with van der Waals surface area (Å²) in [6.45, 7) is 3.02. The van der Waals surface area contributed by atoms with E-state index < -0.39 is 10.0 Å². The fourth-order valence-corrected chi connectivity index (χ4v) is 2.74. The smallest absolute Gasteiger partial charge is 0.240 e. The Labute approximate surface area is 112 Å². The number of hydrogen-bond donors (Lipinski definition) is 2. The summed E-state index contributed by atoms with van der Waals surface area (Å²) in [7, 11) is -3.56. The maximum atomic E-state index is 12.1. The highest BCUT2D eigenvalue weighted by Gasteiger charge is 2.19. The van der Waals surface area contributed by atoms with Gasteiger partial charge in [0.15, 0.2) is 11.5 Å². The lowest BCUT2D eigenvalue weighted by atomic mass is 10.2. The van der Waals surface area contributed by atoms with E-state index in [9.17, 15) is 8.42 Å². The second-order valence-corrected chi connectivity index (χ2v) is 6.09. The normalized spacial score (nSPS) is 16.1. The molecular formula is C12H18N2O4S. The van der Waals surface area contributed by atoms with Crippen LogP contribution < -0.4 is 19.9 Å². The summed E-state index contributed by atoms with van der Waals surface area (Å²) in [6.07, 6.45) is 0.712. The van der Waals surface area contributed by atoms with Crippen molar-refractivity contribution in [1.82, 2.24) is 4.72 Å². The van der Waals surface area contributed by atoms with Crippen LogP contribution in [0.1, 0.15) is 13.3 Å². The Morgan fingerprint density at radius 2 is 2.00 bits per heavy atom. The van der Waals surface area contributed by atoms with E-state index in [0.717, 1.165) is 0 Å². The van der Waals surface area contributed by atoms with E-state index in [2.05, 4.69) is 4.72 Å². The van der Waals surface area contributed by atoms with E-state index in [1.54, 1.807) is 6.07 Å². The van der Waals surface area contributed by atoms with Crippen LogP contribution in [-0.4, -0.2) is 34.2 Å². The van der Waals surface area contributed by atoms with Gasteiger partial charge in [-0.2, -0.15) is 0 Å². The van der Waals surface area contributed by atoms with E-state index in [0.29, 0.717) is 31.1 Å². The average molecular weight is 286 g/mol. The Bertz CT molecular complexity index is 545. The maximum Gasteiger partial charge on any atom is 0.240 e. The molecule has 1 aliphatic rings. The molecule has 1 unspecified atom stereocenters. The van der Waals surface area contributed by atoms with Crippen molar-refractivity contribution in [3.8, 4) is 11.5 Å².